The third-order valence-electron chi connectivity index (χ3n) is 8.23. The van der Waals surface area contributed by atoms with Crippen LogP contribution in [0.15, 0.2) is 55.6 Å². The van der Waals surface area contributed by atoms with Crippen LogP contribution in [0.25, 0.3) is 0 Å². The first-order valence-electron chi connectivity index (χ1n) is 13.6. The van der Waals surface area contributed by atoms with Gasteiger partial charge in [0.15, 0.2) is 0 Å². The van der Waals surface area contributed by atoms with E-state index in [4.69, 9.17) is 4.74 Å². The van der Waals surface area contributed by atoms with Crippen molar-refractivity contribution in [3.8, 4) is 0 Å². The summed E-state index contributed by atoms with van der Waals surface area (Å²) in [6.45, 7) is 12.2. The first-order valence-corrected chi connectivity index (χ1v) is 14.5. The summed E-state index contributed by atoms with van der Waals surface area (Å²) in [7, 11) is 0. The molecule has 38 heavy (non-hydrogen) atoms. The number of hydrogen-bond acceptors (Lipinski definition) is 6. The fourth-order valence-electron chi connectivity index (χ4n) is 6.48. The number of allylic oxidation sites excluding steroid dienone is 1. The molecular weight excluding hydrogens is 500 g/mol. The van der Waals surface area contributed by atoms with E-state index in [2.05, 4.69) is 13.2 Å². The van der Waals surface area contributed by atoms with E-state index in [1.165, 1.54) is 0 Å². The van der Waals surface area contributed by atoms with E-state index >= 15 is 0 Å². The summed E-state index contributed by atoms with van der Waals surface area (Å²) in [6, 6.07) is 8.46. The lowest BCUT2D eigenvalue weighted by atomic mass is 9.71. The smallest absolute Gasteiger partial charge is 0.310 e. The number of unbranched alkanes of at least 4 members (excludes halogenated alkanes) is 1. The average molecular weight is 541 g/mol. The Balaban J connectivity index is 1.70. The number of carbonyl (C=O) groups excluding carboxylic acids is 3. The minimum Gasteiger partial charge on any atom is -0.465 e. The lowest BCUT2D eigenvalue weighted by molar-refractivity contribution is -0.155. The van der Waals surface area contributed by atoms with Crippen LogP contribution in [0.1, 0.15) is 45.1 Å². The minimum absolute atomic E-state index is 0.0538. The molecule has 3 aliphatic heterocycles. The average Bonchev–Trinajstić information content (AvgIpc) is 3.54. The van der Waals surface area contributed by atoms with Crippen LogP contribution >= 0.6 is 11.8 Å². The highest BCUT2D eigenvalue weighted by atomic mass is 32.2. The number of ether oxygens (including phenoxy) is 1. The molecule has 2 bridgehead atoms. The molecule has 1 N–H and O–H groups in total. The number of thioether (sulfide) groups is 1. The number of esters is 1. The molecule has 3 aliphatic rings. The number of nitrogens with zero attached hydrogens (tertiary/aromatic N) is 2. The van der Waals surface area contributed by atoms with Crippen molar-refractivity contribution in [1.82, 2.24) is 9.80 Å². The Hall–Kier alpha value is -2.58. The zero-order chi connectivity index (χ0) is 27.4. The van der Waals surface area contributed by atoms with Gasteiger partial charge in [0.25, 0.3) is 0 Å². The minimum atomic E-state index is -0.767. The zero-order valence-electron chi connectivity index (χ0n) is 22.5. The Labute approximate surface area is 230 Å². The molecule has 6 atom stereocenters. The predicted octanol–water partition coefficient (Wildman–Crippen LogP) is 3.82. The monoisotopic (exact) mass is 540 g/mol. The van der Waals surface area contributed by atoms with Crippen LogP contribution in [-0.4, -0.2) is 74.5 Å². The fourth-order valence-corrected chi connectivity index (χ4v) is 8.66. The van der Waals surface area contributed by atoms with E-state index in [-0.39, 0.29) is 42.2 Å². The van der Waals surface area contributed by atoms with Crippen LogP contribution in [0.3, 0.4) is 0 Å². The van der Waals surface area contributed by atoms with E-state index in [1.807, 2.05) is 44.2 Å². The van der Waals surface area contributed by atoms with Gasteiger partial charge in [-0.25, -0.2) is 0 Å². The Bertz CT molecular complexity index is 1050. The number of carbonyl (C=O) groups is 3. The molecule has 2 unspecified atom stereocenters. The molecule has 1 aromatic carbocycles. The molecule has 8 heteroatoms. The molecule has 4 rings (SSSR count). The van der Waals surface area contributed by atoms with Crippen molar-refractivity contribution in [2.75, 3.05) is 19.8 Å². The Morgan fingerprint density at radius 3 is 2.63 bits per heavy atom. The number of rotatable bonds is 13. The summed E-state index contributed by atoms with van der Waals surface area (Å²) in [5, 5.41) is 10.3. The first-order chi connectivity index (χ1) is 18.3. The molecule has 1 spiro atoms. The van der Waals surface area contributed by atoms with Crippen LogP contribution < -0.4 is 0 Å². The number of aliphatic hydroxyl groups excluding tert-OH is 1. The molecule has 3 saturated heterocycles. The summed E-state index contributed by atoms with van der Waals surface area (Å²) in [6.07, 6.45) is 6.36. The van der Waals surface area contributed by atoms with Crippen molar-refractivity contribution in [2.45, 2.75) is 68.2 Å². The quantitative estimate of drug-likeness (QED) is 0.233. The maximum absolute atomic E-state index is 14.4. The van der Waals surface area contributed by atoms with E-state index in [9.17, 15) is 19.5 Å². The van der Waals surface area contributed by atoms with Crippen LogP contribution in [-0.2, 0) is 25.7 Å². The van der Waals surface area contributed by atoms with Crippen LogP contribution in [0.2, 0.25) is 0 Å². The summed E-state index contributed by atoms with van der Waals surface area (Å²) >= 11 is 1.62. The van der Waals surface area contributed by atoms with E-state index in [0.717, 1.165) is 18.4 Å². The Kier molecular flexibility index (Phi) is 9.04. The van der Waals surface area contributed by atoms with Crippen molar-refractivity contribution in [1.29, 1.82) is 0 Å². The third-order valence-corrected chi connectivity index (χ3v) is 10.2. The standard InChI is InChI=1S/C30H40N2O5S/c1-5-7-11-17-37-29(36)24-23-14-15-30(38-23)25(24)27(34)32(22(19-33)20(3)4)26(30)28(35)31(16-6-2)18-21-12-9-8-10-13-21/h5-6,8-10,12-13,20,22-26,33H,1-2,7,11,14-19H2,3-4H3/t22-,23+,24-,25-,26?,30?/m0/s1. The van der Waals surface area contributed by atoms with Gasteiger partial charge in [0.1, 0.15) is 6.04 Å². The first kappa shape index (κ1) is 28.4. The number of aliphatic hydroxyl groups is 1. The molecular formula is C30H40N2O5S. The van der Waals surface area contributed by atoms with Gasteiger partial charge in [-0.3, -0.25) is 14.4 Å². The fraction of sp³-hybridized carbons (Fsp3) is 0.567. The molecule has 2 amide bonds. The second-order valence-corrected chi connectivity index (χ2v) is 12.5. The largest absolute Gasteiger partial charge is 0.465 e. The van der Waals surface area contributed by atoms with Gasteiger partial charge in [-0.05, 0) is 37.2 Å². The summed E-state index contributed by atoms with van der Waals surface area (Å²) < 4.78 is 4.92. The highest BCUT2D eigenvalue weighted by Gasteiger charge is 2.74. The second-order valence-electron chi connectivity index (χ2n) is 10.9. The molecule has 3 fully saturated rings. The van der Waals surface area contributed by atoms with Gasteiger partial charge in [-0.15, -0.1) is 24.9 Å². The van der Waals surface area contributed by atoms with Gasteiger partial charge in [0, 0.05) is 18.3 Å². The normalized spacial score (nSPS) is 28.3. The Morgan fingerprint density at radius 2 is 2.00 bits per heavy atom. The third kappa shape index (κ3) is 5.05. The molecule has 0 saturated carbocycles. The highest BCUT2D eigenvalue weighted by Crippen LogP contribution is 2.67. The maximum Gasteiger partial charge on any atom is 0.310 e. The van der Waals surface area contributed by atoms with Gasteiger partial charge in [0.05, 0.1) is 35.8 Å². The molecule has 0 aromatic heterocycles. The lowest BCUT2D eigenvalue weighted by Gasteiger charge is -2.40. The number of likely N-dealkylation sites (tertiary alicyclic amines) is 1. The van der Waals surface area contributed by atoms with Crippen molar-refractivity contribution < 1.29 is 24.2 Å². The van der Waals surface area contributed by atoms with Crippen molar-refractivity contribution in [3.05, 3.63) is 61.2 Å². The number of amides is 2. The summed E-state index contributed by atoms with van der Waals surface area (Å²) in [4.78, 5) is 45.4. The van der Waals surface area contributed by atoms with Crippen molar-refractivity contribution >= 4 is 29.5 Å². The molecule has 0 aliphatic carbocycles. The second kappa shape index (κ2) is 12.1. The summed E-state index contributed by atoms with van der Waals surface area (Å²) in [5.74, 6) is -2.00. The molecule has 3 heterocycles. The summed E-state index contributed by atoms with van der Waals surface area (Å²) in [5.41, 5.74) is 0.986. The molecule has 1 aromatic rings. The lowest BCUT2D eigenvalue weighted by Crippen LogP contribution is -2.58. The highest BCUT2D eigenvalue weighted by molar-refractivity contribution is 8.02. The van der Waals surface area contributed by atoms with Crippen LogP contribution in [0, 0.1) is 17.8 Å². The van der Waals surface area contributed by atoms with E-state index < -0.39 is 28.7 Å². The zero-order valence-corrected chi connectivity index (χ0v) is 23.3. The van der Waals surface area contributed by atoms with Crippen molar-refractivity contribution in [2.24, 2.45) is 17.8 Å². The van der Waals surface area contributed by atoms with E-state index in [0.29, 0.717) is 25.9 Å². The molecule has 206 valence electrons. The van der Waals surface area contributed by atoms with E-state index in [1.54, 1.807) is 33.7 Å². The maximum atomic E-state index is 14.4. The Morgan fingerprint density at radius 1 is 1.26 bits per heavy atom. The van der Waals surface area contributed by atoms with Gasteiger partial charge in [0.2, 0.25) is 11.8 Å². The van der Waals surface area contributed by atoms with Gasteiger partial charge in [-0.2, -0.15) is 0 Å². The van der Waals surface area contributed by atoms with Crippen LogP contribution in [0.5, 0.6) is 0 Å². The SMILES string of the molecule is C=CCCCOC(=O)[C@@H]1[C@H]2C(=O)N([C@@H](CO)C(C)C)C(C(=O)N(CC=C)Cc3ccccc3)C23CC[C@H]1S3. The molecule has 7 nitrogen and oxygen atoms in total. The van der Waals surface area contributed by atoms with Gasteiger partial charge in [-0.1, -0.05) is 56.3 Å². The van der Waals surface area contributed by atoms with Crippen LogP contribution in [0.4, 0.5) is 0 Å². The number of benzene rings is 1. The number of hydrogen-bond donors (Lipinski definition) is 1. The van der Waals surface area contributed by atoms with Crippen molar-refractivity contribution in [3.63, 3.8) is 0 Å². The van der Waals surface area contributed by atoms with Gasteiger partial charge < -0.3 is 19.6 Å². The van der Waals surface area contributed by atoms with Gasteiger partial charge >= 0.3 is 5.97 Å². The number of fused-ring (bicyclic) bond motifs is 1. The molecule has 0 radical (unpaired) electrons. The predicted molar refractivity (Wildman–Crippen MR) is 149 cm³/mol. The topological polar surface area (TPSA) is 87.1 Å².